The molecule has 46 heavy (non-hydrogen) atoms. The van der Waals surface area contributed by atoms with Crippen LogP contribution in [0.25, 0.3) is 88.4 Å². The van der Waals surface area contributed by atoms with Gasteiger partial charge >= 0.3 is 0 Å². The van der Waals surface area contributed by atoms with Crippen LogP contribution in [-0.2, 0) is 0 Å². The molecule has 0 radical (unpaired) electrons. The van der Waals surface area contributed by atoms with Gasteiger partial charge in [0.15, 0.2) is 0 Å². The molecule has 0 saturated carbocycles. The third-order valence-electron chi connectivity index (χ3n) is 8.90. The summed E-state index contributed by atoms with van der Waals surface area (Å²) in [7, 11) is 0. The molecule has 0 N–H and O–H groups in total. The first kappa shape index (κ1) is 26.1. The van der Waals surface area contributed by atoms with Crippen LogP contribution in [0.2, 0.25) is 0 Å². The lowest BCUT2D eigenvalue weighted by Gasteiger charge is -2.18. The van der Waals surface area contributed by atoms with E-state index >= 15 is 0 Å². The van der Waals surface area contributed by atoms with Crippen molar-refractivity contribution >= 4 is 43.9 Å². The zero-order chi connectivity index (χ0) is 30.6. The summed E-state index contributed by atoms with van der Waals surface area (Å²) in [5.41, 5.74) is 12.5. The highest BCUT2D eigenvalue weighted by Crippen LogP contribution is 2.44. The molecule has 7 aromatic carbocycles. The summed E-state index contributed by atoms with van der Waals surface area (Å²) >= 11 is 0. The van der Waals surface area contributed by atoms with Crippen molar-refractivity contribution in [2.75, 3.05) is 0 Å². The summed E-state index contributed by atoms with van der Waals surface area (Å²) in [6.45, 7) is 0. The highest BCUT2D eigenvalue weighted by atomic mass is 16.3. The fourth-order valence-electron chi connectivity index (χ4n) is 6.77. The molecular formula is C43H25NO2. The number of nitriles is 1. The van der Waals surface area contributed by atoms with Gasteiger partial charge < -0.3 is 8.83 Å². The van der Waals surface area contributed by atoms with Gasteiger partial charge in [0, 0.05) is 21.5 Å². The van der Waals surface area contributed by atoms with Gasteiger partial charge in [0.1, 0.15) is 22.3 Å². The van der Waals surface area contributed by atoms with Gasteiger partial charge in [-0.3, -0.25) is 0 Å². The molecule has 0 fully saturated rings. The molecule has 0 aliphatic heterocycles. The minimum Gasteiger partial charge on any atom is -0.456 e. The van der Waals surface area contributed by atoms with Crippen LogP contribution in [-0.4, -0.2) is 0 Å². The number of hydrogen-bond donors (Lipinski definition) is 0. The second-order valence-electron chi connectivity index (χ2n) is 11.6. The highest BCUT2D eigenvalue weighted by molar-refractivity contribution is 6.09. The topological polar surface area (TPSA) is 50.1 Å². The maximum absolute atomic E-state index is 10.2. The first-order chi connectivity index (χ1) is 22.7. The van der Waals surface area contributed by atoms with Crippen LogP contribution < -0.4 is 0 Å². The van der Waals surface area contributed by atoms with E-state index in [1.165, 1.54) is 0 Å². The number of hydrogen-bond acceptors (Lipinski definition) is 3. The summed E-state index contributed by atoms with van der Waals surface area (Å²) in [6, 6.07) is 54.5. The van der Waals surface area contributed by atoms with E-state index in [1.54, 1.807) is 0 Å². The number of furan rings is 2. The van der Waals surface area contributed by atoms with Crippen molar-refractivity contribution in [2.24, 2.45) is 0 Å². The van der Waals surface area contributed by atoms with E-state index < -0.39 is 0 Å². The number of fused-ring (bicyclic) bond motifs is 6. The molecule has 214 valence electrons. The molecule has 0 saturated heterocycles. The van der Waals surface area contributed by atoms with Crippen molar-refractivity contribution in [3.05, 3.63) is 157 Å². The zero-order valence-electron chi connectivity index (χ0n) is 24.7. The Bertz CT molecular complexity index is 2520. The lowest BCUT2D eigenvalue weighted by molar-refractivity contribution is 0.668. The Morgan fingerprint density at radius 1 is 0.370 bits per heavy atom. The smallest absolute Gasteiger partial charge is 0.135 e. The average molecular weight is 588 g/mol. The van der Waals surface area contributed by atoms with E-state index in [4.69, 9.17) is 8.83 Å². The van der Waals surface area contributed by atoms with Gasteiger partial charge in [-0.2, -0.15) is 5.26 Å². The van der Waals surface area contributed by atoms with E-state index in [9.17, 15) is 5.26 Å². The van der Waals surface area contributed by atoms with Crippen molar-refractivity contribution < 1.29 is 8.83 Å². The van der Waals surface area contributed by atoms with Crippen LogP contribution in [0.3, 0.4) is 0 Å². The standard InChI is InChI=1S/C43H25NO2/c44-26-27-21-31(28-9-2-1-3-10-28)23-32(22-27)43-33(29-17-19-41-37(24-29)35-11-4-6-15-39(35)45-41)13-8-14-34(43)30-18-20-42-38(25-30)36-12-5-7-16-40(36)46-42/h1-25H. The molecule has 0 unspecified atom stereocenters. The molecule has 0 spiro atoms. The highest BCUT2D eigenvalue weighted by Gasteiger charge is 2.19. The number of rotatable bonds is 4. The Hall–Kier alpha value is -6.37. The number of benzene rings is 7. The summed E-state index contributed by atoms with van der Waals surface area (Å²) in [5.74, 6) is 0. The van der Waals surface area contributed by atoms with E-state index in [2.05, 4.69) is 91.0 Å². The summed E-state index contributed by atoms with van der Waals surface area (Å²) < 4.78 is 12.3. The quantitative estimate of drug-likeness (QED) is 0.206. The summed E-state index contributed by atoms with van der Waals surface area (Å²) in [5, 5.41) is 14.5. The van der Waals surface area contributed by atoms with Crippen LogP contribution in [0, 0.1) is 11.3 Å². The Morgan fingerprint density at radius 3 is 1.48 bits per heavy atom. The minimum absolute atomic E-state index is 0.615. The van der Waals surface area contributed by atoms with E-state index in [0.29, 0.717) is 5.56 Å². The van der Waals surface area contributed by atoms with Crippen molar-refractivity contribution in [3.8, 4) is 50.6 Å². The van der Waals surface area contributed by atoms with Gasteiger partial charge in [-0.15, -0.1) is 0 Å². The maximum Gasteiger partial charge on any atom is 0.135 e. The van der Waals surface area contributed by atoms with Crippen LogP contribution in [0.4, 0.5) is 0 Å². The molecule has 9 aromatic rings. The minimum atomic E-state index is 0.615. The van der Waals surface area contributed by atoms with Gasteiger partial charge in [-0.1, -0.05) is 97.1 Å². The molecule has 0 aliphatic rings. The number of nitrogens with zero attached hydrogens (tertiary/aromatic N) is 1. The lowest BCUT2D eigenvalue weighted by Crippen LogP contribution is -1.93. The third-order valence-corrected chi connectivity index (χ3v) is 8.90. The molecule has 9 rings (SSSR count). The zero-order valence-corrected chi connectivity index (χ0v) is 24.7. The normalized spacial score (nSPS) is 11.5. The van der Waals surface area contributed by atoms with Gasteiger partial charge in [0.05, 0.1) is 11.6 Å². The maximum atomic E-state index is 10.2. The Kier molecular flexibility index (Phi) is 5.88. The number of para-hydroxylation sites is 2. The summed E-state index contributed by atoms with van der Waals surface area (Å²) in [4.78, 5) is 0. The molecule has 0 aliphatic carbocycles. The molecule has 2 heterocycles. The lowest BCUT2D eigenvalue weighted by atomic mass is 9.85. The molecule has 0 amide bonds. The first-order valence-corrected chi connectivity index (χ1v) is 15.3. The predicted octanol–water partition coefficient (Wildman–Crippen LogP) is 12.0. The fraction of sp³-hybridized carbons (Fsp3) is 0. The fourth-order valence-corrected chi connectivity index (χ4v) is 6.77. The molecule has 2 aromatic heterocycles. The SMILES string of the molecule is N#Cc1cc(-c2ccccc2)cc(-c2c(-c3ccc4oc5ccccc5c4c3)cccc2-c2ccc3oc4ccccc4c3c2)c1. The van der Waals surface area contributed by atoms with Gasteiger partial charge in [0.25, 0.3) is 0 Å². The largest absolute Gasteiger partial charge is 0.456 e. The third kappa shape index (κ3) is 4.20. The van der Waals surface area contributed by atoms with Crippen molar-refractivity contribution in [1.29, 1.82) is 5.26 Å². The predicted molar refractivity (Wildman–Crippen MR) is 187 cm³/mol. The van der Waals surface area contributed by atoms with Gasteiger partial charge in [-0.25, -0.2) is 0 Å². The van der Waals surface area contributed by atoms with Gasteiger partial charge in [-0.05, 0) is 99.1 Å². The first-order valence-electron chi connectivity index (χ1n) is 15.3. The monoisotopic (exact) mass is 587 g/mol. The second-order valence-corrected chi connectivity index (χ2v) is 11.6. The Labute approximate surface area is 265 Å². The van der Waals surface area contributed by atoms with E-state index in [0.717, 1.165) is 88.4 Å². The van der Waals surface area contributed by atoms with Gasteiger partial charge in [0.2, 0.25) is 0 Å². The molecule has 0 atom stereocenters. The van der Waals surface area contributed by atoms with Crippen LogP contribution in [0.15, 0.2) is 160 Å². The average Bonchev–Trinajstić information content (AvgIpc) is 3.69. The van der Waals surface area contributed by atoms with Crippen LogP contribution in [0.1, 0.15) is 5.56 Å². The molecule has 0 bridgehead atoms. The van der Waals surface area contributed by atoms with E-state index in [-0.39, 0.29) is 0 Å². The summed E-state index contributed by atoms with van der Waals surface area (Å²) in [6.07, 6.45) is 0. The second kappa shape index (κ2) is 10.4. The van der Waals surface area contributed by atoms with Crippen LogP contribution >= 0.6 is 0 Å². The van der Waals surface area contributed by atoms with Crippen LogP contribution in [0.5, 0.6) is 0 Å². The van der Waals surface area contributed by atoms with E-state index in [1.807, 2.05) is 66.7 Å². The van der Waals surface area contributed by atoms with Crippen molar-refractivity contribution in [1.82, 2.24) is 0 Å². The molecule has 3 heteroatoms. The Morgan fingerprint density at radius 2 is 0.891 bits per heavy atom. The molecular weight excluding hydrogens is 562 g/mol. The molecule has 3 nitrogen and oxygen atoms in total. The van der Waals surface area contributed by atoms with Crippen molar-refractivity contribution in [2.45, 2.75) is 0 Å². The van der Waals surface area contributed by atoms with Crippen molar-refractivity contribution in [3.63, 3.8) is 0 Å². The Balaban J connectivity index is 1.34.